The Balaban J connectivity index is 3.85. The van der Waals surface area contributed by atoms with Crippen LogP contribution in [0.1, 0.15) is 26.7 Å². The van der Waals surface area contributed by atoms with Gasteiger partial charge in [-0.25, -0.2) is 13.1 Å². The van der Waals surface area contributed by atoms with Crippen molar-refractivity contribution in [2.45, 2.75) is 31.9 Å². The smallest absolute Gasteiger partial charge is 0.221 e. The highest BCUT2D eigenvalue weighted by Crippen LogP contribution is 1.95. The molecule has 0 aromatic carbocycles. The van der Waals surface area contributed by atoms with Crippen LogP contribution in [0.15, 0.2) is 0 Å². The molecule has 6 nitrogen and oxygen atoms in total. The maximum atomic E-state index is 11.4. The molecule has 0 radical (unpaired) electrons. The van der Waals surface area contributed by atoms with Crippen LogP contribution in [-0.2, 0) is 14.8 Å². The number of amides is 1. The summed E-state index contributed by atoms with van der Waals surface area (Å²) >= 11 is 0. The van der Waals surface area contributed by atoms with Gasteiger partial charge < -0.3 is 11.1 Å². The van der Waals surface area contributed by atoms with Crippen LogP contribution in [0.25, 0.3) is 0 Å². The van der Waals surface area contributed by atoms with Gasteiger partial charge in [-0.1, -0.05) is 6.92 Å². The minimum atomic E-state index is -3.38. The quantitative estimate of drug-likeness (QED) is 0.524. The van der Waals surface area contributed by atoms with Crippen molar-refractivity contribution in [3.8, 4) is 0 Å². The second-order valence-electron chi connectivity index (χ2n) is 3.59. The molecule has 0 rings (SSSR count). The molecule has 1 unspecified atom stereocenters. The summed E-state index contributed by atoms with van der Waals surface area (Å²) in [6.07, 6.45) is 1.01. The van der Waals surface area contributed by atoms with Crippen molar-refractivity contribution in [3.63, 3.8) is 0 Å². The molecule has 1 amide bonds. The summed E-state index contributed by atoms with van der Waals surface area (Å²) in [5.74, 6) is -0.148. The molecular weight excluding hydrogens is 230 g/mol. The van der Waals surface area contributed by atoms with Gasteiger partial charge in [-0.05, 0) is 13.3 Å². The van der Waals surface area contributed by atoms with E-state index in [2.05, 4.69) is 10.0 Å². The highest BCUT2D eigenvalue weighted by Gasteiger charge is 2.18. The zero-order valence-corrected chi connectivity index (χ0v) is 10.6. The number of nitrogens with one attached hydrogen (secondary N) is 2. The van der Waals surface area contributed by atoms with Crippen LogP contribution in [0.4, 0.5) is 0 Å². The second kappa shape index (κ2) is 7.59. The average molecular weight is 251 g/mol. The summed E-state index contributed by atoms with van der Waals surface area (Å²) < 4.78 is 25.2. The van der Waals surface area contributed by atoms with Gasteiger partial charge in [0.25, 0.3) is 0 Å². The SMILES string of the molecule is CCCNC(=O)CCNS(=O)(=O)C(C)CN. The Kier molecular flexibility index (Phi) is 7.27. The van der Waals surface area contributed by atoms with Crippen LogP contribution >= 0.6 is 0 Å². The van der Waals surface area contributed by atoms with E-state index in [0.29, 0.717) is 6.54 Å². The monoisotopic (exact) mass is 251 g/mol. The van der Waals surface area contributed by atoms with Crippen molar-refractivity contribution < 1.29 is 13.2 Å². The molecular formula is C9H21N3O3S. The highest BCUT2D eigenvalue weighted by atomic mass is 32.2. The molecule has 4 N–H and O–H groups in total. The first-order chi connectivity index (χ1) is 7.44. The lowest BCUT2D eigenvalue weighted by Gasteiger charge is -2.11. The van der Waals surface area contributed by atoms with Gasteiger partial charge in [0.15, 0.2) is 0 Å². The predicted octanol–water partition coefficient (Wildman–Crippen LogP) is -0.831. The van der Waals surface area contributed by atoms with Gasteiger partial charge in [-0.2, -0.15) is 0 Å². The van der Waals surface area contributed by atoms with E-state index in [-0.39, 0.29) is 25.4 Å². The first-order valence-corrected chi connectivity index (χ1v) is 6.94. The molecule has 96 valence electrons. The summed E-state index contributed by atoms with van der Waals surface area (Å²) in [6.45, 7) is 4.27. The van der Waals surface area contributed by atoms with Crippen LogP contribution in [0.3, 0.4) is 0 Å². The van der Waals surface area contributed by atoms with E-state index >= 15 is 0 Å². The summed E-state index contributed by atoms with van der Waals surface area (Å²) in [4.78, 5) is 11.2. The first-order valence-electron chi connectivity index (χ1n) is 5.39. The first kappa shape index (κ1) is 15.3. The third kappa shape index (κ3) is 6.04. The molecule has 0 saturated carbocycles. The zero-order chi connectivity index (χ0) is 12.6. The Hall–Kier alpha value is -0.660. The van der Waals surface area contributed by atoms with Crippen molar-refractivity contribution in [1.82, 2.24) is 10.0 Å². The van der Waals surface area contributed by atoms with E-state index in [4.69, 9.17) is 5.73 Å². The van der Waals surface area contributed by atoms with Crippen molar-refractivity contribution in [1.29, 1.82) is 0 Å². The van der Waals surface area contributed by atoms with Crippen molar-refractivity contribution in [3.05, 3.63) is 0 Å². The topological polar surface area (TPSA) is 101 Å². The van der Waals surface area contributed by atoms with E-state index in [1.54, 1.807) is 0 Å². The normalized spacial score (nSPS) is 13.4. The Labute approximate surface area is 97.0 Å². The van der Waals surface area contributed by atoms with E-state index in [9.17, 15) is 13.2 Å². The minimum absolute atomic E-state index is 0.0668. The third-order valence-corrected chi connectivity index (χ3v) is 3.95. The molecule has 0 aliphatic rings. The van der Waals surface area contributed by atoms with Crippen LogP contribution in [0.2, 0.25) is 0 Å². The second-order valence-corrected chi connectivity index (χ2v) is 5.77. The van der Waals surface area contributed by atoms with Gasteiger partial charge >= 0.3 is 0 Å². The summed E-state index contributed by atoms with van der Waals surface area (Å²) in [5, 5.41) is 2.03. The zero-order valence-electron chi connectivity index (χ0n) is 9.82. The molecule has 0 saturated heterocycles. The fraction of sp³-hybridized carbons (Fsp3) is 0.889. The van der Waals surface area contributed by atoms with Gasteiger partial charge in [0.05, 0.1) is 5.25 Å². The maximum Gasteiger partial charge on any atom is 0.221 e. The predicted molar refractivity (Wildman–Crippen MR) is 63.4 cm³/mol. The van der Waals surface area contributed by atoms with Crippen molar-refractivity contribution >= 4 is 15.9 Å². The Morgan fingerprint density at radius 3 is 2.50 bits per heavy atom. The molecule has 0 aromatic rings. The third-order valence-electron chi connectivity index (χ3n) is 2.09. The fourth-order valence-electron chi connectivity index (χ4n) is 0.929. The van der Waals surface area contributed by atoms with E-state index in [1.807, 2.05) is 6.92 Å². The number of rotatable bonds is 8. The van der Waals surface area contributed by atoms with Crippen LogP contribution in [0, 0.1) is 0 Å². The van der Waals surface area contributed by atoms with Gasteiger partial charge in [-0.3, -0.25) is 4.79 Å². The molecule has 16 heavy (non-hydrogen) atoms. The molecule has 0 spiro atoms. The molecule has 0 aliphatic carbocycles. The van der Waals surface area contributed by atoms with E-state index < -0.39 is 15.3 Å². The van der Waals surface area contributed by atoms with E-state index in [1.165, 1.54) is 6.92 Å². The summed E-state index contributed by atoms with van der Waals surface area (Å²) in [7, 11) is -3.38. The van der Waals surface area contributed by atoms with Crippen LogP contribution < -0.4 is 15.8 Å². The van der Waals surface area contributed by atoms with E-state index in [0.717, 1.165) is 6.42 Å². The molecule has 1 atom stereocenters. The van der Waals surface area contributed by atoms with Gasteiger partial charge in [0, 0.05) is 26.1 Å². The Morgan fingerprint density at radius 2 is 2.00 bits per heavy atom. The maximum absolute atomic E-state index is 11.4. The number of nitrogens with two attached hydrogens (primary N) is 1. The highest BCUT2D eigenvalue weighted by molar-refractivity contribution is 7.90. The molecule has 0 aliphatic heterocycles. The summed E-state index contributed by atoms with van der Waals surface area (Å²) in [6, 6.07) is 0. The lowest BCUT2D eigenvalue weighted by molar-refractivity contribution is -0.120. The number of carbonyl (C=O) groups excluding carboxylic acids is 1. The average Bonchev–Trinajstić information content (AvgIpc) is 2.24. The Bertz CT molecular complexity index is 303. The number of sulfonamides is 1. The molecule has 7 heteroatoms. The minimum Gasteiger partial charge on any atom is -0.356 e. The van der Waals surface area contributed by atoms with Crippen LogP contribution in [-0.4, -0.2) is 39.2 Å². The number of carbonyl (C=O) groups is 1. The van der Waals surface area contributed by atoms with Gasteiger partial charge in [-0.15, -0.1) is 0 Å². The molecule has 0 heterocycles. The van der Waals surface area contributed by atoms with Crippen molar-refractivity contribution in [2.24, 2.45) is 5.73 Å². The Morgan fingerprint density at radius 1 is 1.38 bits per heavy atom. The lowest BCUT2D eigenvalue weighted by atomic mass is 10.4. The summed E-state index contributed by atoms with van der Waals surface area (Å²) in [5.41, 5.74) is 5.26. The number of hydrogen-bond donors (Lipinski definition) is 3. The molecule has 0 aromatic heterocycles. The molecule has 0 bridgehead atoms. The van der Waals surface area contributed by atoms with Gasteiger partial charge in [0.2, 0.25) is 15.9 Å². The van der Waals surface area contributed by atoms with Gasteiger partial charge in [0.1, 0.15) is 0 Å². The largest absolute Gasteiger partial charge is 0.356 e. The lowest BCUT2D eigenvalue weighted by Crippen LogP contribution is -2.38. The fourth-order valence-corrected chi connectivity index (χ4v) is 1.85. The van der Waals surface area contributed by atoms with Crippen molar-refractivity contribution in [2.75, 3.05) is 19.6 Å². The molecule has 0 fully saturated rings. The van der Waals surface area contributed by atoms with Crippen LogP contribution in [0.5, 0.6) is 0 Å². The standard InChI is InChI=1S/C9H21N3O3S/c1-3-5-11-9(13)4-6-12-16(14,15)8(2)7-10/h8,12H,3-7,10H2,1-2H3,(H,11,13). The number of hydrogen-bond acceptors (Lipinski definition) is 4.